The summed E-state index contributed by atoms with van der Waals surface area (Å²) in [6, 6.07) is 19.4. The van der Waals surface area contributed by atoms with Gasteiger partial charge in [0.05, 0.1) is 52.6 Å². The van der Waals surface area contributed by atoms with E-state index in [1.807, 2.05) is 48.5 Å². The van der Waals surface area contributed by atoms with Crippen LogP contribution in [0.1, 0.15) is 33.5 Å². The van der Waals surface area contributed by atoms with Gasteiger partial charge >= 0.3 is 17.9 Å². The Kier molecular flexibility index (Phi) is 19.5. The molecule has 58 heavy (non-hydrogen) atoms. The van der Waals surface area contributed by atoms with Gasteiger partial charge in [-0.25, -0.2) is 0 Å². The van der Waals surface area contributed by atoms with Gasteiger partial charge in [-0.2, -0.15) is 0 Å². The normalized spacial score (nSPS) is 17.3. The van der Waals surface area contributed by atoms with Gasteiger partial charge < -0.3 is 66.3 Å². The molecule has 0 spiro atoms. The van der Waals surface area contributed by atoms with Crippen LogP contribution in [0.2, 0.25) is 0 Å². The van der Waals surface area contributed by atoms with Crippen LogP contribution in [0, 0.1) is 0 Å². The van der Waals surface area contributed by atoms with Gasteiger partial charge in [0, 0.05) is 21.9 Å². The Labute approximate surface area is 340 Å². The highest BCUT2D eigenvalue weighted by atomic mass is 32.2. The van der Waals surface area contributed by atoms with Crippen LogP contribution >= 0.6 is 11.8 Å². The van der Waals surface area contributed by atoms with Crippen molar-refractivity contribution in [3.05, 3.63) is 95.1 Å². The molecule has 3 aliphatic heterocycles. The van der Waals surface area contributed by atoms with Gasteiger partial charge in [-0.15, -0.1) is 11.8 Å². The second-order valence-corrected chi connectivity index (χ2v) is 14.4. The standard InChI is InChI=1S/C14H17NO5.C13H18N2O4.C13H17NO4S/c15-11(14(17)18)7-9-1-3-10(4-2-9)12(16)8-13-19-5-6-20-13;14-11(13(16)17)7-9-1-3-10(4-2-9)15-8-12-18-5-6-19-12;14-11(13(15)16)7-9-1-3-10(4-2-9)19-8-12-17-5-6-18-12/h1-4,11,13H,5-8,15H2,(H,17,18);1-4,11-12,15H,5-8,14H2,(H,16,17);1-4,11-12H,5-8,14H2,(H,15,16). The molecule has 0 aromatic heterocycles. The zero-order chi connectivity index (χ0) is 41.9. The number of ether oxygens (including phenoxy) is 6. The fraction of sp³-hybridized carbons (Fsp3) is 0.450. The average Bonchev–Trinajstić information content (AvgIpc) is 4.04. The first-order chi connectivity index (χ1) is 27.9. The van der Waals surface area contributed by atoms with Gasteiger partial charge in [-0.1, -0.05) is 48.5 Å². The molecule has 17 nitrogen and oxygen atoms in total. The lowest BCUT2D eigenvalue weighted by atomic mass is 10.0. The molecule has 3 atom stereocenters. The summed E-state index contributed by atoms with van der Waals surface area (Å²) >= 11 is 1.65. The number of benzene rings is 3. The van der Waals surface area contributed by atoms with E-state index in [0.29, 0.717) is 64.6 Å². The molecule has 18 heteroatoms. The van der Waals surface area contributed by atoms with E-state index in [9.17, 15) is 19.2 Å². The minimum Gasteiger partial charge on any atom is -0.480 e. The SMILES string of the molecule is NC(Cc1ccc(C(=O)CC2OCCO2)cc1)C(=O)O.NC(Cc1ccc(NCC2OCCO2)cc1)C(=O)O.NC(Cc1ccc(SCC2OCCO2)cc1)C(=O)O. The van der Waals surface area contributed by atoms with Crippen LogP contribution in [0.4, 0.5) is 5.69 Å². The van der Waals surface area contributed by atoms with E-state index >= 15 is 0 Å². The fourth-order valence-corrected chi connectivity index (χ4v) is 6.37. The van der Waals surface area contributed by atoms with E-state index in [1.54, 1.807) is 36.0 Å². The Morgan fingerprint density at radius 3 is 1.38 bits per heavy atom. The molecule has 3 aromatic rings. The number of nitrogens with two attached hydrogens (primary N) is 3. The predicted octanol–water partition coefficient (Wildman–Crippen LogP) is 2.12. The molecular weight excluding hydrogens is 777 g/mol. The van der Waals surface area contributed by atoms with Gasteiger partial charge in [-0.3, -0.25) is 19.2 Å². The first-order valence-electron chi connectivity index (χ1n) is 18.7. The number of thioether (sulfide) groups is 1. The fourth-order valence-electron chi connectivity index (χ4n) is 5.52. The molecule has 3 fully saturated rings. The number of carbonyl (C=O) groups excluding carboxylic acids is 1. The topological polar surface area (TPSA) is 274 Å². The van der Waals surface area contributed by atoms with Crippen LogP contribution in [-0.2, 0) is 62.1 Å². The van der Waals surface area contributed by atoms with Crippen LogP contribution < -0.4 is 22.5 Å². The van der Waals surface area contributed by atoms with Crippen molar-refractivity contribution in [2.24, 2.45) is 17.2 Å². The molecule has 0 bridgehead atoms. The van der Waals surface area contributed by atoms with Crippen molar-refractivity contribution in [1.82, 2.24) is 0 Å². The summed E-state index contributed by atoms with van der Waals surface area (Å²) in [6.45, 7) is 4.23. The molecular formula is C40H52N4O13S. The van der Waals surface area contributed by atoms with Crippen LogP contribution in [0.15, 0.2) is 77.7 Å². The molecule has 3 unspecified atom stereocenters. The molecule has 0 aliphatic carbocycles. The van der Waals surface area contributed by atoms with Crippen LogP contribution in [-0.4, -0.2) is 128 Å². The third kappa shape index (κ3) is 16.8. The first kappa shape index (κ1) is 46.2. The largest absolute Gasteiger partial charge is 0.480 e. The number of ketones is 1. The van der Waals surface area contributed by atoms with Gasteiger partial charge in [-0.05, 0) is 60.2 Å². The molecule has 10 N–H and O–H groups in total. The van der Waals surface area contributed by atoms with E-state index in [-0.39, 0.29) is 31.2 Å². The smallest absolute Gasteiger partial charge is 0.320 e. The van der Waals surface area contributed by atoms with Crippen LogP contribution in [0.5, 0.6) is 0 Å². The first-order valence-corrected chi connectivity index (χ1v) is 19.7. The molecule has 3 heterocycles. The molecule has 0 amide bonds. The van der Waals surface area contributed by atoms with Gasteiger partial charge in [0.2, 0.25) is 0 Å². The molecule has 6 rings (SSSR count). The monoisotopic (exact) mass is 828 g/mol. The van der Waals surface area contributed by atoms with Crippen molar-refractivity contribution in [2.75, 3.05) is 57.3 Å². The number of rotatable bonds is 18. The summed E-state index contributed by atoms with van der Waals surface area (Å²) in [4.78, 5) is 45.1. The molecule has 3 saturated heterocycles. The molecule has 0 radical (unpaired) electrons. The summed E-state index contributed by atoms with van der Waals surface area (Å²) in [6.07, 6.45) is 0.319. The number of hydrogen-bond acceptors (Lipinski definition) is 15. The predicted molar refractivity (Wildman–Crippen MR) is 213 cm³/mol. The summed E-state index contributed by atoms with van der Waals surface area (Å²) in [7, 11) is 0. The van der Waals surface area contributed by atoms with E-state index in [4.69, 9.17) is 60.9 Å². The highest BCUT2D eigenvalue weighted by Crippen LogP contribution is 2.22. The Morgan fingerprint density at radius 2 is 0.948 bits per heavy atom. The number of carboxylic acids is 3. The molecule has 0 saturated carbocycles. The number of hydrogen-bond donors (Lipinski definition) is 7. The third-order valence-corrected chi connectivity index (χ3v) is 9.80. The minimum atomic E-state index is -1.04. The highest BCUT2D eigenvalue weighted by molar-refractivity contribution is 7.99. The lowest BCUT2D eigenvalue weighted by Gasteiger charge is -2.12. The third-order valence-electron chi connectivity index (χ3n) is 8.76. The Morgan fingerprint density at radius 1 is 0.569 bits per heavy atom. The maximum absolute atomic E-state index is 12.0. The summed E-state index contributed by atoms with van der Waals surface area (Å²) in [5.74, 6) is -2.31. The maximum atomic E-state index is 12.0. The highest BCUT2D eigenvalue weighted by Gasteiger charge is 2.21. The van der Waals surface area contributed by atoms with Crippen molar-refractivity contribution in [1.29, 1.82) is 0 Å². The second kappa shape index (κ2) is 24.5. The summed E-state index contributed by atoms with van der Waals surface area (Å²) < 4.78 is 31.8. The number of Topliss-reactive ketones (excluding diaryl/α,β-unsaturated/α-hetero) is 1. The molecule has 316 valence electrons. The maximum Gasteiger partial charge on any atom is 0.320 e. The lowest BCUT2D eigenvalue weighted by molar-refractivity contribution is -0.139. The van der Waals surface area contributed by atoms with Crippen LogP contribution in [0.25, 0.3) is 0 Å². The lowest BCUT2D eigenvalue weighted by Crippen LogP contribution is -2.32. The van der Waals surface area contributed by atoms with Crippen molar-refractivity contribution < 1.29 is 62.9 Å². The van der Waals surface area contributed by atoms with E-state index in [0.717, 1.165) is 33.0 Å². The summed E-state index contributed by atoms with van der Waals surface area (Å²) in [5.41, 5.74) is 20.5. The van der Waals surface area contributed by atoms with Crippen LogP contribution in [0.3, 0.4) is 0 Å². The van der Waals surface area contributed by atoms with Crippen molar-refractivity contribution >= 4 is 41.1 Å². The summed E-state index contributed by atoms with van der Waals surface area (Å²) in [5, 5.41) is 29.4. The van der Waals surface area contributed by atoms with Gasteiger partial charge in [0.1, 0.15) is 18.1 Å². The Hall–Kier alpha value is -4.47. The van der Waals surface area contributed by atoms with Crippen molar-refractivity contribution in [3.63, 3.8) is 0 Å². The second-order valence-electron chi connectivity index (χ2n) is 13.3. The number of nitrogens with one attached hydrogen (secondary N) is 1. The van der Waals surface area contributed by atoms with E-state index in [1.165, 1.54) is 0 Å². The van der Waals surface area contributed by atoms with Gasteiger partial charge in [0.25, 0.3) is 0 Å². The zero-order valence-electron chi connectivity index (χ0n) is 31.9. The number of carbonyl (C=O) groups is 4. The Balaban J connectivity index is 0.000000193. The number of carboxylic acid groups (broad SMARTS) is 3. The minimum absolute atomic E-state index is 0.0639. The quantitative estimate of drug-likeness (QED) is 0.0714. The van der Waals surface area contributed by atoms with Gasteiger partial charge in [0.15, 0.2) is 24.7 Å². The van der Waals surface area contributed by atoms with Crippen molar-refractivity contribution in [3.8, 4) is 0 Å². The zero-order valence-corrected chi connectivity index (χ0v) is 32.8. The number of anilines is 1. The van der Waals surface area contributed by atoms with E-state index < -0.39 is 42.3 Å². The van der Waals surface area contributed by atoms with Crippen molar-refractivity contribution in [2.45, 2.75) is 67.6 Å². The molecule has 3 aliphatic rings. The Bertz CT molecular complexity index is 1630. The average molecular weight is 829 g/mol. The molecule has 3 aromatic carbocycles. The van der Waals surface area contributed by atoms with E-state index in [2.05, 4.69) is 5.32 Å². The number of aliphatic carboxylic acids is 3.